The number of aromatic nitrogens is 1. The zero-order valence-corrected chi connectivity index (χ0v) is 14.4. The summed E-state index contributed by atoms with van der Waals surface area (Å²) in [5.74, 6) is 0.672. The van der Waals surface area contributed by atoms with Crippen molar-refractivity contribution in [1.82, 2.24) is 14.8 Å². The average Bonchev–Trinajstić information content (AvgIpc) is 2.93. The molecule has 3 fully saturated rings. The monoisotopic (exact) mass is 331 g/mol. The summed E-state index contributed by atoms with van der Waals surface area (Å²) in [6.07, 6.45) is 8.53. The molecule has 1 aromatic rings. The van der Waals surface area contributed by atoms with E-state index in [2.05, 4.69) is 9.88 Å². The van der Waals surface area contributed by atoms with E-state index in [9.17, 15) is 4.79 Å². The molecular weight excluding hydrogens is 302 g/mol. The van der Waals surface area contributed by atoms with E-state index in [1.54, 1.807) is 6.20 Å². The van der Waals surface area contributed by atoms with Gasteiger partial charge in [-0.25, -0.2) is 0 Å². The van der Waals surface area contributed by atoms with Crippen LogP contribution in [0.25, 0.3) is 0 Å². The first-order valence-electron chi connectivity index (χ1n) is 9.33. The van der Waals surface area contributed by atoms with E-state index in [-0.39, 0.29) is 5.91 Å². The molecule has 5 heteroatoms. The summed E-state index contributed by atoms with van der Waals surface area (Å²) in [6.45, 7) is 4.25. The number of pyridine rings is 1. The van der Waals surface area contributed by atoms with E-state index >= 15 is 0 Å². The largest absolute Gasteiger partial charge is 0.396 e. The molecule has 24 heavy (non-hydrogen) atoms. The van der Waals surface area contributed by atoms with Crippen LogP contribution >= 0.6 is 0 Å². The smallest absolute Gasteiger partial charge is 0.272 e. The maximum absolute atomic E-state index is 12.7. The number of rotatable bonds is 7. The third kappa shape index (κ3) is 4.33. The fourth-order valence-electron chi connectivity index (χ4n) is 4.05. The molecule has 1 amide bonds. The molecule has 2 atom stereocenters. The lowest BCUT2D eigenvalue weighted by Crippen LogP contribution is -2.44. The predicted molar refractivity (Wildman–Crippen MR) is 93.8 cm³/mol. The van der Waals surface area contributed by atoms with E-state index in [1.165, 1.54) is 25.7 Å². The fraction of sp³-hybridized carbons (Fsp3) is 0.684. The number of aliphatic hydroxyl groups is 1. The molecule has 0 radical (unpaired) electrons. The quantitative estimate of drug-likeness (QED) is 0.778. The lowest BCUT2D eigenvalue weighted by Gasteiger charge is -2.36. The number of piperidine rings is 1. The van der Waals surface area contributed by atoms with Crippen molar-refractivity contribution in [3.63, 3.8) is 0 Å². The summed E-state index contributed by atoms with van der Waals surface area (Å²) in [5.41, 5.74) is 0.564. The number of unbranched alkanes of at least 4 members (excludes halogenated alkanes) is 3. The Labute approximate surface area is 144 Å². The molecule has 2 unspecified atom stereocenters. The minimum Gasteiger partial charge on any atom is -0.396 e. The van der Waals surface area contributed by atoms with Gasteiger partial charge in [0, 0.05) is 38.5 Å². The predicted octanol–water partition coefficient (Wildman–Crippen LogP) is 2.17. The first-order valence-corrected chi connectivity index (χ1v) is 9.33. The Morgan fingerprint density at radius 2 is 2.00 bits per heavy atom. The van der Waals surface area contributed by atoms with Gasteiger partial charge in [0.05, 0.1) is 0 Å². The maximum Gasteiger partial charge on any atom is 0.272 e. The summed E-state index contributed by atoms with van der Waals surface area (Å²) < 4.78 is 0. The Kier molecular flexibility index (Phi) is 6.21. The second-order valence-electron chi connectivity index (χ2n) is 7.16. The molecule has 1 N–H and O–H groups in total. The van der Waals surface area contributed by atoms with Gasteiger partial charge in [-0.1, -0.05) is 18.9 Å². The lowest BCUT2D eigenvalue weighted by molar-refractivity contribution is 0.0731. The van der Waals surface area contributed by atoms with Gasteiger partial charge < -0.3 is 10.0 Å². The highest BCUT2D eigenvalue weighted by molar-refractivity contribution is 5.92. The van der Waals surface area contributed by atoms with Crippen LogP contribution in [-0.4, -0.2) is 64.6 Å². The standard InChI is InChI=1S/C19H29N3O2/c23-12-6-2-1-5-11-21-13-16-8-9-17(21)15-22(14-16)19(24)18-7-3-4-10-20-18/h3-4,7,10,16-17,23H,1-2,5-6,8-9,11-15H2. The van der Waals surface area contributed by atoms with Gasteiger partial charge in [-0.2, -0.15) is 0 Å². The van der Waals surface area contributed by atoms with E-state index in [0.29, 0.717) is 24.3 Å². The molecule has 1 aromatic heterocycles. The van der Waals surface area contributed by atoms with Gasteiger partial charge in [-0.05, 0) is 50.3 Å². The number of nitrogens with zero attached hydrogens (tertiary/aromatic N) is 3. The van der Waals surface area contributed by atoms with E-state index < -0.39 is 0 Å². The number of carbonyl (C=O) groups is 1. The van der Waals surface area contributed by atoms with Crippen LogP contribution in [0.4, 0.5) is 0 Å². The Morgan fingerprint density at radius 3 is 2.79 bits per heavy atom. The topological polar surface area (TPSA) is 56.7 Å². The maximum atomic E-state index is 12.7. The van der Waals surface area contributed by atoms with Gasteiger partial charge in [0.1, 0.15) is 5.69 Å². The van der Waals surface area contributed by atoms with Crippen LogP contribution in [0.15, 0.2) is 24.4 Å². The van der Waals surface area contributed by atoms with Crippen LogP contribution in [0.1, 0.15) is 49.0 Å². The van der Waals surface area contributed by atoms with Crippen molar-refractivity contribution in [2.24, 2.45) is 5.92 Å². The second kappa shape index (κ2) is 8.58. The third-order valence-electron chi connectivity index (χ3n) is 5.35. The van der Waals surface area contributed by atoms with Gasteiger partial charge in [0.2, 0.25) is 0 Å². The van der Waals surface area contributed by atoms with Crippen LogP contribution < -0.4 is 0 Å². The summed E-state index contributed by atoms with van der Waals surface area (Å²) in [5, 5.41) is 8.86. The zero-order chi connectivity index (χ0) is 16.8. The molecule has 3 saturated heterocycles. The molecule has 0 aromatic carbocycles. The Hall–Kier alpha value is -1.46. The normalized spacial score (nSPS) is 24.1. The Morgan fingerprint density at radius 1 is 1.12 bits per heavy atom. The van der Waals surface area contributed by atoms with Gasteiger partial charge in [-0.15, -0.1) is 0 Å². The van der Waals surface area contributed by atoms with Crippen molar-refractivity contribution >= 4 is 5.91 Å². The molecule has 3 aliphatic rings. The number of aliphatic hydroxyl groups excluding tert-OH is 1. The minimum absolute atomic E-state index is 0.0808. The van der Waals surface area contributed by atoms with Crippen molar-refractivity contribution < 1.29 is 9.90 Å². The van der Waals surface area contributed by atoms with Crippen LogP contribution in [0.5, 0.6) is 0 Å². The number of hydrogen-bond acceptors (Lipinski definition) is 4. The summed E-state index contributed by atoms with van der Waals surface area (Å²) in [6, 6.07) is 6.04. The number of hydrogen-bond donors (Lipinski definition) is 1. The molecule has 132 valence electrons. The lowest BCUT2D eigenvalue weighted by atomic mass is 9.94. The first kappa shape index (κ1) is 17.4. The van der Waals surface area contributed by atoms with E-state index in [1.807, 2.05) is 23.1 Å². The molecule has 4 heterocycles. The minimum atomic E-state index is 0.0808. The van der Waals surface area contributed by atoms with Crippen molar-refractivity contribution in [2.45, 2.75) is 44.6 Å². The number of carbonyl (C=O) groups excluding carboxylic acids is 1. The van der Waals surface area contributed by atoms with Crippen LogP contribution in [0, 0.1) is 5.92 Å². The molecule has 0 saturated carbocycles. The SMILES string of the molecule is O=C(c1ccccn1)N1CC2CCC(C1)N(CCCCCCO)C2. The van der Waals surface area contributed by atoms with Gasteiger partial charge in [0.15, 0.2) is 0 Å². The highest BCUT2D eigenvalue weighted by Gasteiger charge is 2.36. The van der Waals surface area contributed by atoms with Gasteiger partial charge in [-0.3, -0.25) is 14.7 Å². The molecular formula is C19H29N3O2. The van der Waals surface area contributed by atoms with Crippen molar-refractivity contribution in [1.29, 1.82) is 0 Å². The average molecular weight is 331 g/mol. The van der Waals surface area contributed by atoms with Crippen LogP contribution in [0.3, 0.4) is 0 Å². The Balaban J connectivity index is 1.56. The molecule has 2 bridgehead atoms. The highest BCUT2D eigenvalue weighted by Crippen LogP contribution is 2.29. The van der Waals surface area contributed by atoms with E-state index in [0.717, 1.165) is 39.0 Å². The second-order valence-corrected chi connectivity index (χ2v) is 7.16. The van der Waals surface area contributed by atoms with Crippen molar-refractivity contribution in [2.75, 3.05) is 32.8 Å². The summed E-state index contributed by atoms with van der Waals surface area (Å²) in [7, 11) is 0. The molecule has 0 spiro atoms. The number of fused-ring (bicyclic) bond motifs is 4. The summed E-state index contributed by atoms with van der Waals surface area (Å²) >= 11 is 0. The zero-order valence-electron chi connectivity index (χ0n) is 14.4. The first-order chi connectivity index (χ1) is 11.8. The number of amides is 1. The van der Waals surface area contributed by atoms with Gasteiger partial charge in [0.25, 0.3) is 5.91 Å². The summed E-state index contributed by atoms with van der Waals surface area (Å²) in [4.78, 5) is 21.6. The molecule has 5 nitrogen and oxygen atoms in total. The highest BCUT2D eigenvalue weighted by atomic mass is 16.2. The van der Waals surface area contributed by atoms with Crippen LogP contribution in [0.2, 0.25) is 0 Å². The molecule has 3 aliphatic heterocycles. The van der Waals surface area contributed by atoms with Crippen LogP contribution in [-0.2, 0) is 0 Å². The van der Waals surface area contributed by atoms with Gasteiger partial charge >= 0.3 is 0 Å². The fourth-order valence-corrected chi connectivity index (χ4v) is 4.05. The van der Waals surface area contributed by atoms with Crippen molar-refractivity contribution in [3.05, 3.63) is 30.1 Å². The third-order valence-corrected chi connectivity index (χ3v) is 5.35. The molecule has 0 aliphatic carbocycles. The molecule has 4 rings (SSSR count). The van der Waals surface area contributed by atoms with Crippen molar-refractivity contribution in [3.8, 4) is 0 Å². The van der Waals surface area contributed by atoms with E-state index in [4.69, 9.17) is 5.11 Å². The Bertz CT molecular complexity index is 523.